The molecular weight excluding hydrogens is 270 g/mol. The van der Waals surface area contributed by atoms with Crippen molar-refractivity contribution >= 4 is 27.9 Å². The summed E-state index contributed by atoms with van der Waals surface area (Å²) in [5.74, 6) is 1.48. The van der Waals surface area contributed by atoms with Crippen LogP contribution in [0.3, 0.4) is 0 Å². The molecule has 1 aliphatic heterocycles. The van der Waals surface area contributed by atoms with Crippen LogP contribution in [0.1, 0.15) is 42.8 Å². The molecule has 1 fully saturated rings. The van der Waals surface area contributed by atoms with Crippen molar-refractivity contribution in [3.8, 4) is 0 Å². The van der Waals surface area contributed by atoms with Crippen molar-refractivity contribution in [3.63, 3.8) is 0 Å². The molecule has 0 radical (unpaired) electrons. The Morgan fingerprint density at radius 2 is 2.20 bits per heavy atom. The fraction of sp³-hybridized carbons (Fsp3) is 0.667. The van der Waals surface area contributed by atoms with Crippen LogP contribution < -0.4 is 16.0 Å². The number of nitrogens with zero attached hydrogens (tertiary/aromatic N) is 1. The SMILES string of the molecule is CNC(=O)c1sc(N2CCCC(C(C)C)CC2)cc1N. The summed E-state index contributed by atoms with van der Waals surface area (Å²) in [5, 5.41) is 3.78. The summed E-state index contributed by atoms with van der Waals surface area (Å²) in [6.07, 6.45) is 3.75. The Hall–Kier alpha value is -1.23. The van der Waals surface area contributed by atoms with Crippen LogP contribution in [0.25, 0.3) is 0 Å². The lowest BCUT2D eigenvalue weighted by Gasteiger charge is -2.21. The van der Waals surface area contributed by atoms with Crippen molar-refractivity contribution in [2.75, 3.05) is 30.8 Å². The van der Waals surface area contributed by atoms with Crippen LogP contribution >= 0.6 is 11.3 Å². The molecule has 1 aromatic heterocycles. The molecule has 1 aromatic rings. The lowest BCUT2D eigenvalue weighted by molar-refractivity contribution is 0.0968. The summed E-state index contributed by atoms with van der Waals surface area (Å²) < 4.78 is 0. The van der Waals surface area contributed by atoms with Gasteiger partial charge >= 0.3 is 0 Å². The van der Waals surface area contributed by atoms with Crippen LogP contribution in [-0.4, -0.2) is 26.0 Å². The Kier molecular flexibility index (Phi) is 4.91. The lowest BCUT2D eigenvalue weighted by Crippen LogP contribution is -2.23. The quantitative estimate of drug-likeness (QED) is 0.901. The average molecular weight is 295 g/mol. The van der Waals surface area contributed by atoms with E-state index in [9.17, 15) is 4.79 Å². The summed E-state index contributed by atoms with van der Waals surface area (Å²) in [6, 6.07) is 1.95. The summed E-state index contributed by atoms with van der Waals surface area (Å²) in [7, 11) is 1.64. The first kappa shape index (κ1) is 15.2. The van der Waals surface area contributed by atoms with Gasteiger partial charge in [0, 0.05) is 20.1 Å². The molecule has 0 aliphatic carbocycles. The van der Waals surface area contributed by atoms with Gasteiger partial charge in [-0.1, -0.05) is 13.8 Å². The maximum absolute atomic E-state index is 11.7. The number of amides is 1. The third kappa shape index (κ3) is 3.26. The van der Waals surface area contributed by atoms with Gasteiger partial charge in [0.05, 0.1) is 10.7 Å². The van der Waals surface area contributed by atoms with E-state index in [0.717, 1.165) is 29.9 Å². The minimum atomic E-state index is -0.0892. The highest BCUT2D eigenvalue weighted by Gasteiger charge is 2.22. The predicted molar refractivity (Wildman–Crippen MR) is 86.5 cm³/mol. The van der Waals surface area contributed by atoms with E-state index < -0.39 is 0 Å². The lowest BCUT2D eigenvalue weighted by atomic mass is 9.89. The third-order valence-corrected chi connectivity index (χ3v) is 5.42. The molecule has 1 amide bonds. The zero-order valence-corrected chi connectivity index (χ0v) is 13.4. The topological polar surface area (TPSA) is 58.4 Å². The number of hydrogen-bond donors (Lipinski definition) is 2. The smallest absolute Gasteiger partial charge is 0.263 e. The molecule has 0 saturated carbocycles. The minimum absolute atomic E-state index is 0.0892. The molecule has 4 nitrogen and oxygen atoms in total. The van der Waals surface area contributed by atoms with Crippen LogP contribution in [0.2, 0.25) is 0 Å². The first-order valence-electron chi connectivity index (χ1n) is 7.39. The van der Waals surface area contributed by atoms with Gasteiger partial charge in [-0.2, -0.15) is 0 Å². The molecular formula is C15H25N3OS. The molecule has 0 spiro atoms. The molecule has 3 N–H and O–H groups in total. The Bertz CT molecular complexity index is 470. The van der Waals surface area contributed by atoms with Crippen molar-refractivity contribution in [1.82, 2.24) is 5.32 Å². The van der Waals surface area contributed by atoms with Gasteiger partial charge < -0.3 is 16.0 Å². The van der Waals surface area contributed by atoms with E-state index in [-0.39, 0.29) is 5.91 Å². The zero-order chi connectivity index (χ0) is 14.7. The Balaban J connectivity index is 2.10. The molecule has 20 heavy (non-hydrogen) atoms. The largest absolute Gasteiger partial charge is 0.397 e. The number of anilines is 2. The highest BCUT2D eigenvalue weighted by atomic mass is 32.1. The van der Waals surface area contributed by atoms with Crippen LogP contribution in [-0.2, 0) is 0 Å². The van der Waals surface area contributed by atoms with Crippen molar-refractivity contribution in [3.05, 3.63) is 10.9 Å². The molecule has 2 heterocycles. The van der Waals surface area contributed by atoms with Gasteiger partial charge in [0.25, 0.3) is 5.91 Å². The molecule has 0 aromatic carbocycles. The molecule has 1 aliphatic rings. The Labute approximate surface area is 125 Å². The molecule has 0 bridgehead atoms. The normalized spacial score (nSPS) is 20.0. The van der Waals surface area contributed by atoms with Gasteiger partial charge in [-0.25, -0.2) is 0 Å². The first-order valence-corrected chi connectivity index (χ1v) is 8.21. The second-order valence-electron chi connectivity index (χ2n) is 5.87. The van der Waals surface area contributed by atoms with Crippen LogP contribution in [0.5, 0.6) is 0 Å². The summed E-state index contributed by atoms with van der Waals surface area (Å²) in [5.41, 5.74) is 6.55. The number of carbonyl (C=O) groups is 1. The third-order valence-electron chi connectivity index (χ3n) is 4.21. The standard InChI is InChI=1S/C15H25N3OS/c1-10(2)11-5-4-7-18(8-6-11)13-9-12(16)14(20-13)15(19)17-3/h9-11H,4-8,16H2,1-3H3,(H,17,19). The van der Waals surface area contributed by atoms with Crippen LogP contribution in [0.4, 0.5) is 10.7 Å². The van der Waals surface area contributed by atoms with E-state index in [0.29, 0.717) is 10.6 Å². The van der Waals surface area contributed by atoms with E-state index in [1.54, 1.807) is 7.05 Å². The highest BCUT2D eigenvalue weighted by Crippen LogP contribution is 2.34. The molecule has 1 unspecified atom stereocenters. The second-order valence-corrected chi connectivity index (χ2v) is 6.90. The minimum Gasteiger partial charge on any atom is -0.397 e. The van der Waals surface area contributed by atoms with E-state index in [1.807, 2.05) is 6.07 Å². The molecule has 1 atom stereocenters. The fourth-order valence-electron chi connectivity index (χ4n) is 2.85. The summed E-state index contributed by atoms with van der Waals surface area (Å²) in [4.78, 5) is 14.8. The number of nitrogens with one attached hydrogen (secondary N) is 1. The molecule has 112 valence electrons. The predicted octanol–water partition coefficient (Wildman–Crippen LogP) is 2.95. The number of carbonyl (C=O) groups excluding carboxylic acids is 1. The fourth-order valence-corrected chi connectivity index (χ4v) is 3.93. The monoisotopic (exact) mass is 295 g/mol. The number of nitrogen functional groups attached to an aromatic ring is 1. The second kappa shape index (κ2) is 6.48. The van der Waals surface area contributed by atoms with Gasteiger partial charge in [-0.3, -0.25) is 4.79 Å². The highest BCUT2D eigenvalue weighted by molar-refractivity contribution is 7.18. The van der Waals surface area contributed by atoms with Crippen molar-refractivity contribution in [2.24, 2.45) is 11.8 Å². The first-order chi connectivity index (χ1) is 9.52. The van der Waals surface area contributed by atoms with Gasteiger partial charge in [0.1, 0.15) is 4.88 Å². The maximum Gasteiger partial charge on any atom is 0.263 e. The van der Waals surface area contributed by atoms with E-state index >= 15 is 0 Å². The van der Waals surface area contributed by atoms with Gasteiger partial charge in [0.2, 0.25) is 0 Å². The Morgan fingerprint density at radius 3 is 2.85 bits per heavy atom. The van der Waals surface area contributed by atoms with Crippen molar-refractivity contribution in [1.29, 1.82) is 0 Å². The van der Waals surface area contributed by atoms with Gasteiger partial charge in [-0.05, 0) is 37.2 Å². The number of rotatable bonds is 3. The average Bonchev–Trinajstić information content (AvgIpc) is 2.65. The van der Waals surface area contributed by atoms with E-state index in [2.05, 4.69) is 24.1 Å². The molecule has 2 rings (SSSR count). The van der Waals surface area contributed by atoms with E-state index in [1.165, 1.54) is 30.6 Å². The Morgan fingerprint density at radius 1 is 1.45 bits per heavy atom. The molecule has 5 heteroatoms. The van der Waals surface area contributed by atoms with E-state index in [4.69, 9.17) is 5.73 Å². The van der Waals surface area contributed by atoms with Crippen molar-refractivity contribution in [2.45, 2.75) is 33.1 Å². The summed E-state index contributed by atoms with van der Waals surface area (Å²) >= 11 is 1.51. The van der Waals surface area contributed by atoms with Gasteiger partial charge in [-0.15, -0.1) is 11.3 Å². The maximum atomic E-state index is 11.7. The summed E-state index contributed by atoms with van der Waals surface area (Å²) in [6.45, 7) is 6.76. The van der Waals surface area contributed by atoms with Crippen molar-refractivity contribution < 1.29 is 4.79 Å². The van der Waals surface area contributed by atoms with Crippen LogP contribution in [0.15, 0.2) is 6.07 Å². The van der Waals surface area contributed by atoms with Gasteiger partial charge in [0.15, 0.2) is 0 Å². The zero-order valence-electron chi connectivity index (χ0n) is 12.6. The van der Waals surface area contributed by atoms with Crippen LogP contribution in [0, 0.1) is 11.8 Å². The molecule has 1 saturated heterocycles. The number of nitrogens with two attached hydrogens (primary N) is 1. The number of thiophene rings is 1. The number of hydrogen-bond acceptors (Lipinski definition) is 4.